The van der Waals surface area contributed by atoms with E-state index in [-0.39, 0.29) is 36.5 Å². The van der Waals surface area contributed by atoms with Crippen LogP contribution in [0.3, 0.4) is 0 Å². The zero-order valence-electron chi connectivity index (χ0n) is 19.5. The van der Waals surface area contributed by atoms with Crippen molar-refractivity contribution in [1.82, 2.24) is 0 Å². The van der Waals surface area contributed by atoms with Crippen molar-refractivity contribution in [3.05, 3.63) is 64.5 Å². The number of benzene rings is 2. The third-order valence-electron chi connectivity index (χ3n) is 5.81. The van der Waals surface area contributed by atoms with Crippen LogP contribution < -0.4 is 4.90 Å². The molecule has 1 heterocycles. The van der Waals surface area contributed by atoms with Gasteiger partial charge in [0.1, 0.15) is 5.82 Å². The predicted molar refractivity (Wildman–Crippen MR) is 121 cm³/mol. The van der Waals surface area contributed by atoms with Crippen molar-refractivity contribution in [3.8, 4) is 0 Å². The van der Waals surface area contributed by atoms with Crippen molar-refractivity contribution in [2.24, 2.45) is 0 Å². The van der Waals surface area contributed by atoms with Gasteiger partial charge >= 0.3 is 12.4 Å². The molecule has 2 fully saturated rings. The van der Waals surface area contributed by atoms with Crippen LogP contribution in [0.25, 0.3) is 0 Å². The second-order valence-corrected chi connectivity index (χ2v) is 8.50. The summed E-state index contributed by atoms with van der Waals surface area (Å²) in [6.45, 7) is 0.700. The molecule has 5 nitrogen and oxygen atoms in total. The van der Waals surface area contributed by atoms with Crippen LogP contribution in [0, 0.1) is 5.82 Å². The van der Waals surface area contributed by atoms with Gasteiger partial charge in [0.25, 0.3) is 0 Å². The molecule has 1 saturated carbocycles. The molecule has 0 amide bonds. The average molecular weight is 537 g/mol. The lowest BCUT2D eigenvalue weighted by Crippen LogP contribution is -2.23. The number of halogens is 7. The van der Waals surface area contributed by atoms with Crippen LogP contribution >= 0.6 is 0 Å². The molecule has 204 valence electrons. The summed E-state index contributed by atoms with van der Waals surface area (Å²) in [5.74, 6) is -1.16. The molecule has 12 heteroatoms. The fourth-order valence-corrected chi connectivity index (χ4v) is 3.97. The van der Waals surface area contributed by atoms with Crippen molar-refractivity contribution in [1.29, 1.82) is 0 Å². The Bertz CT molecular complexity index is 1050. The van der Waals surface area contributed by atoms with E-state index in [1.54, 1.807) is 4.90 Å². The molecular weight excluding hydrogens is 511 g/mol. The Hall–Kier alpha value is -2.99. The smallest absolute Gasteiger partial charge is 0.393 e. The molecule has 1 atom stereocenters. The summed E-state index contributed by atoms with van der Waals surface area (Å²) in [7, 11) is 0. The van der Waals surface area contributed by atoms with Gasteiger partial charge in [0.05, 0.1) is 28.9 Å². The Balaban J connectivity index is 0.000000220. The molecule has 2 aromatic carbocycles. The summed E-state index contributed by atoms with van der Waals surface area (Å²) in [6.07, 6.45) is -4.62. The monoisotopic (exact) mass is 537 g/mol. The van der Waals surface area contributed by atoms with E-state index in [1.807, 2.05) is 0 Å². The van der Waals surface area contributed by atoms with E-state index >= 15 is 0 Å². The third kappa shape index (κ3) is 8.53. The van der Waals surface area contributed by atoms with Crippen LogP contribution in [0.15, 0.2) is 36.4 Å². The molecular formula is C25H26F7NO4. The van der Waals surface area contributed by atoms with Gasteiger partial charge in [-0.3, -0.25) is 9.59 Å². The Kier molecular flexibility index (Phi) is 10.6. The molecule has 2 N–H and O–H groups in total. The maximum absolute atomic E-state index is 12.8. The lowest BCUT2D eigenvalue weighted by Gasteiger charge is -2.22. The second-order valence-electron chi connectivity index (χ2n) is 8.50. The minimum absolute atomic E-state index is 0.0463. The van der Waals surface area contributed by atoms with Crippen molar-refractivity contribution in [3.63, 3.8) is 0 Å². The van der Waals surface area contributed by atoms with Crippen molar-refractivity contribution in [2.45, 2.75) is 56.7 Å². The Morgan fingerprint density at radius 1 is 0.757 bits per heavy atom. The molecule has 37 heavy (non-hydrogen) atoms. The summed E-state index contributed by atoms with van der Waals surface area (Å²) in [5, 5.41) is 18.1. The van der Waals surface area contributed by atoms with Gasteiger partial charge in [0, 0.05) is 24.3 Å². The SMILES string of the molecule is O=Cc1c(F)cccc1C(F)(F)F.O=Cc1c(N2CC[C@H](O)C2)cccc1C(F)(F)F.OC1CCCC1. The van der Waals surface area contributed by atoms with E-state index in [2.05, 4.69) is 0 Å². The highest BCUT2D eigenvalue weighted by Crippen LogP contribution is 2.36. The summed E-state index contributed by atoms with van der Waals surface area (Å²) < 4.78 is 87.2. The number of aliphatic hydroxyl groups excluding tert-OH is 2. The zero-order valence-corrected chi connectivity index (χ0v) is 19.5. The fourth-order valence-electron chi connectivity index (χ4n) is 3.97. The number of alkyl halides is 6. The van der Waals surface area contributed by atoms with E-state index in [9.17, 15) is 45.4 Å². The number of hydrogen-bond acceptors (Lipinski definition) is 5. The second kappa shape index (κ2) is 13.0. The van der Waals surface area contributed by atoms with Gasteiger partial charge in [0.15, 0.2) is 12.6 Å². The van der Waals surface area contributed by atoms with Crippen molar-refractivity contribution in [2.75, 3.05) is 18.0 Å². The highest BCUT2D eigenvalue weighted by molar-refractivity contribution is 5.87. The van der Waals surface area contributed by atoms with Crippen LogP contribution in [0.5, 0.6) is 0 Å². The van der Waals surface area contributed by atoms with E-state index in [1.165, 1.54) is 25.0 Å². The number of β-amino-alcohol motifs (C(OH)–C–C–N with tert-alkyl or cyclic N) is 1. The van der Waals surface area contributed by atoms with Gasteiger partial charge in [-0.15, -0.1) is 0 Å². The number of anilines is 1. The lowest BCUT2D eigenvalue weighted by atomic mass is 10.1. The Morgan fingerprint density at radius 3 is 1.65 bits per heavy atom. The summed E-state index contributed by atoms with van der Waals surface area (Å²) in [6, 6.07) is 6.00. The molecule has 1 aliphatic carbocycles. The molecule has 2 aliphatic rings. The van der Waals surface area contributed by atoms with E-state index in [4.69, 9.17) is 5.11 Å². The standard InChI is InChI=1S/C12H12F3NO2.C8H4F4O.C5H10O/c13-12(14,15)10-2-1-3-11(9(10)7-17)16-5-4-8(18)6-16;9-7-3-1-2-6(5(7)4-13)8(10,11)12;6-5-3-1-2-4-5/h1-3,7-8,18H,4-6H2;1-4H;5-6H,1-4H2/t8-;;/m0../s1. The molecule has 0 bridgehead atoms. The normalized spacial score (nSPS) is 18.0. The summed E-state index contributed by atoms with van der Waals surface area (Å²) >= 11 is 0. The number of carbonyl (C=O) groups excluding carboxylic acids is 2. The number of hydrogen-bond donors (Lipinski definition) is 2. The zero-order chi connectivity index (χ0) is 27.8. The van der Waals surface area contributed by atoms with Crippen LogP contribution in [0.1, 0.15) is 63.9 Å². The summed E-state index contributed by atoms with van der Waals surface area (Å²) in [4.78, 5) is 22.7. The first-order chi connectivity index (χ1) is 17.3. The van der Waals surface area contributed by atoms with E-state index < -0.39 is 41.0 Å². The largest absolute Gasteiger partial charge is 0.417 e. The van der Waals surface area contributed by atoms with Crippen molar-refractivity contribution < 1.29 is 50.5 Å². The molecule has 1 saturated heterocycles. The van der Waals surface area contributed by atoms with Crippen LogP contribution in [-0.4, -0.2) is 48.1 Å². The van der Waals surface area contributed by atoms with Crippen molar-refractivity contribution >= 4 is 18.3 Å². The molecule has 4 rings (SSSR count). The number of aliphatic hydroxyl groups is 2. The van der Waals surface area contributed by atoms with E-state index in [0.717, 1.165) is 31.0 Å². The molecule has 0 aromatic heterocycles. The third-order valence-corrected chi connectivity index (χ3v) is 5.81. The fraction of sp³-hybridized carbons (Fsp3) is 0.440. The van der Waals surface area contributed by atoms with Gasteiger partial charge in [-0.25, -0.2) is 4.39 Å². The number of aldehydes is 2. The molecule has 1 aliphatic heterocycles. The predicted octanol–water partition coefficient (Wildman–Crippen LogP) is 5.67. The summed E-state index contributed by atoms with van der Waals surface area (Å²) in [5.41, 5.74) is -3.26. The first-order valence-electron chi connectivity index (χ1n) is 11.4. The maximum Gasteiger partial charge on any atom is 0.417 e. The quantitative estimate of drug-likeness (QED) is 0.390. The number of carbonyl (C=O) groups is 2. The maximum atomic E-state index is 12.8. The number of rotatable bonds is 3. The minimum atomic E-state index is -4.70. The van der Waals surface area contributed by atoms with Crippen LogP contribution in [-0.2, 0) is 12.4 Å². The van der Waals surface area contributed by atoms with Gasteiger partial charge < -0.3 is 15.1 Å². The van der Waals surface area contributed by atoms with Crippen LogP contribution in [0.2, 0.25) is 0 Å². The highest BCUT2D eigenvalue weighted by Gasteiger charge is 2.36. The highest BCUT2D eigenvalue weighted by atomic mass is 19.4. The molecule has 0 radical (unpaired) electrons. The van der Waals surface area contributed by atoms with Gasteiger partial charge in [-0.1, -0.05) is 25.0 Å². The lowest BCUT2D eigenvalue weighted by molar-refractivity contribution is -0.138. The average Bonchev–Trinajstić information content (AvgIpc) is 3.49. The first kappa shape index (κ1) is 30.2. The van der Waals surface area contributed by atoms with Gasteiger partial charge in [0.2, 0.25) is 0 Å². The van der Waals surface area contributed by atoms with Gasteiger partial charge in [-0.05, 0) is 43.5 Å². The molecule has 0 unspecified atom stereocenters. The van der Waals surface area contributed by atoms with E-state index in [0.29, 0.717) is 19.0 Å². The molecule has 0 spiro atoms. The minimum Gasteiger partial charge on any atom is -0.393 e. The molecule has 2 aromatic rings. The van der Waals surface area contributed by atoms with Gasteiger partial charge in [-0.2, -0.15) is 26.3 Å². The first-order valence-corrected chi connectivity index (χ1v) is 11.4. The topological polar surface area (TPSA) is 77.8 Å². The Labute approximate surface area is 208 Å². The number of nitrogens with zero attached hydrogens (tertiary/aromatic N) is 1. The Morgan fingerprint density at radius 2 is 1.27 bits per heavy atom. The van der Waals surface area contributed by atoms with Crippen LogP contribution in [0.4, 0.5) is 36.4 Å².